The van der Waals surface area contributed by atoms with Gasteiger partial charge >= 0.3 is 0 Å². The predicted octanol–water partition coefficient (Wildman–Crippen LogP) is 3.84. The topological polar surface area (TPSA) is 84.2 Å². The number of nitrogen functional groups attached to an aromatic ring is 1. The zero-order valence-electron chi connectivity index (χ0n) is 16.1. The summed E-state index contributed by atoms with van der Waals surface area (Å²) in [6.45, 7) is 4.31. The van der Waals surface area contributed by atoms with E-state index in [0.29, 0.717) is 17.9 Å². The van der Waals surface area contributed by atoms with E-state index in [2.05, 4.69) is 17.1 Å². The lowest BCUT2D eigenvalue weighted by molar-refractivity contribution is 0.00211. The molecule has 146 valence electrons. The van der Waals surface area contributed by atoms with Crippen molar-refractivity contribution in [1.82, 2.24) is 15.1 Å². The second-order valence-electron chi connectivity index (χ2n) is 7.34. The number of aromatic amines is 1. The molecule has 1 aliphatic rings. The van der Waals surface area contributed by atoms with Crippen LogP contribution in [0.1, 0.15) is 36.5 Å². The zero-order valence-corrected chi connectivity index (χ0v) is 16.1. The van der Waals surface area contributed by atoms with Crippen LogP contribution >= 0.6 is 0 Å². The number of carbonyl (C=O) groups excluding carboxylic acids is 1. The molecular weight excluding hydrogens is 352 g/mol. The van der Waals surface area contributed by atoms with Crippen LogP contribution in [-0.4, -0.2) is 46.8 Å². The molecule has 0 aliphatic carbocycles. The van der Waals surface area contributed by atoms with Crippen molar-refractivity contribution in [3.63, 3.8) is 0 Å². The maximum absolute atomic E-state index is 13.1. The van der Waals surface area contributed by atoms with Gasteiger partial charge in [0.1, 0.15) is 0 Å². The van der Waals surface area contributed by atoms with Crippen LogP contribution < -0.4 is 5.73 Å². The third-order valence-electron chi connectivity index (χ3n) is 5.26. The number of fused-ring (bicyclic) bond motifs is 1. The molecule has 6 nitrogen and oxygen atoms in total. The molecule has 0 bridgehead atoms. The minimum absolute atomic E-state index is 0.0653. The van der Waals surface area contributed by atoms with E-state index in [0.717, 1.165) is 54.4 Å². The van der Waals surface area contributed by atoms with Gasteiger partial charge in [0.15, 0.2) is 5.82 Å². The molecule has 2 heterocycles. The van der Waals surface area contributed by atoms with E-state index in [4.69, 9.17) is 10.5 Å². The standard InChI is InChI=1S/C22H26N4O2/c1-2-11-28-18-7-4-10-26(14-18)22(27)17-6-3-5-15(12-17)16-8-9-20-19(13-16)21(23)25-24-20/h3,5-6,8-9,12-13,18H,2,4,7,10-11,14H2,1H3,(H3,23,24,25)/t18-/m0/s1. The molecule has 1 saturated heterocycles. The summed E-state index contributed by atoms with van der Waals surface area (Å²) >= 11 is 0. The average Bonchev–Trinajstić information content (AvgIpc) is 3.12. The van der Waals surface area contributed by atoms with E-state index in [-0.39, 0.29) is 12.0 Å². The molecule has 0 unspecified atom stereocenters. The van der Waals surface area contributed by atoms with Crippen molar-refractivity contribution < 1.29 is 9.53 Å². The Bertz CT molecular complexity index is 982. The van der Waals surface area contributed by atoms with Crippen molar-refractivity contribution in [2.24, 2.45) is 0 Å². The number of nitrogens with zero attached hydrogens (tertiary/aromatic N) is 2. The molecule has 1 aliphatic heterocycles. The van der Waals surface area contributed by atoms with Crippen LogP contribution in [0.25, 0.3) is 22.0 Å². The van der Waals surface area contributed by atoms with E-state index in [1.807, 2.05) is 47.4 Å². The van der Waals surface area contributed by atoms with Gasteiger partial charge in [0.2, 0.25) is 0 Å². The number of nitrogens with one attached hydrogen (secondary N) is 1. The highest BCUT2D eigenvalue weighted by Gasteiger charge is 2.25. The van der Waals surface area contributed by atoms with E-state index < -0.39 is 0 Å². The number of carbonyl (C=O) groups is 1. The van der Waals surface area contributed by atoms with Crippen LogP contribution in [0.15, 0.2) is 42.5 Å². The summed E-state index contributed by atoms with van der Waals surface area (Å²) in [6.07, 6.45) is 3.15. The molecule has 0 saturated carbocycles. The monoisotopic (exact) mass is 378 g/mol. The number of H-pyrrole nitrogens is 1. The summed E-state index contributed by atoms with van der Waals surface area (Å²) in [5.74, 6) is 0.547. The van der Waals surface area contributed by atoms with Gasteiger partial charge in [-0.3, -0.25) is 9.89 Å². The van der Waals surface area contributed by atoms with Crippen molar-refractivity contribution in [3.05, 3.63) is 48.0 Å². The highest BCUT2D eigenvalue weighted by Crippen LogP contribution is 2.27. The number of rotatable bonds is 5. The Morgan fingerprint density at radius 2 is 2.14 bits per heavy atom. The van der Waals surface area contributed by atoms with Crippen LogP contribution in [-0.2, 0) is 4.74 Å². The van der Waals surface area contributed by atoms with Gasteiger partial charge in [-0.2, -0.15) is 5.10 Å². The lowest BCUT2D eigenvalue weighted by Gasteiger charge is -2.32. The lowest BCUT2D eigenvalue weighted by atomic mass is 10.0. The number of aromatic nitrogens is 2. The molecule has 2 aromatic carbocycles. The molecule has 1 atom stereocenters. The first-order chi connectivity index (χ1) is 13.7. The number of anilines is 1. The Labute approximate surface area is 164 Å². The molecule has 1 aromatic heterocycles. The van der Waals surface area contributed by atoms with Gasteiger partial charge in [-0.05, 0) is 54.7 Å². The smallest absolute Gasteiger partial charge is 0.253 e. The summed E-state index contributed by atoms with van der Waals surface area (Å²) in [4.78, 5) is 15.0. The first kappa shape index (κ1) is 18.5. The van der Waals surface area contributed by atoms with Gasteiger partial charge in [-0.25, -0.2) is 0 Å². The summed E-state index contributed by atoms with van der Waals surface area (Å²) in [5, 5.41) is 7.85. The van der Waals surface area contributed by atoms with Gasteiger partial charge in [-0.1, -0.05) is 25.1 Å². The molecule has 3 aromatic rings. The van der Waals surface area contributed by atoms with E-state index in [1.54, 1.807) is 0 Å². The molecule has 4 rings (SSSR count). The third kappa shape index (κ3) is 3.73. The number of nitrogens with two attached hydrogens (primary N) is 1. The van der Waals surface area contributed by atoms with Gasteiger partial charge < -0.3 is 15.4 Å². The fourth-order valence-corrected chi connectivity index (χ4v) is 3.77. The minimum atomic E-state index is 0.0653. The highest BCUT2D eigenvalue weighted by molar-refractivity contribution is 5.96. The summed E-state index contributed by atoms with van der Waals surface area (Å²) in [7, 11) is 0. The second-order valence-corrected chi connectivity index (χ2v) is 7.34. The van der Waals surface area contributed by atoms with Crippen LogP contribution in [0.2, 0.25) is 0 Å². The number of benzene rings is 2. The molecule has 1 fully saturated rings. The molecule has 0 spiro atoms. The van der Waals surface area contributed by atoms with Gasteiger partial charge in [0.25, 0.3) is 5.91 Å². The average molecular weight is 378 g/mol. The number of amides is 1. The Morgan fingerprint density at radius 3 is 3.00 bits per heavy atom. The van der Waals surface area contributed by atoms with E-state index in [1.165, 1.54) is 0 Å². The summed E-state index contributed by atoms with van der Waals surface area (Å²) in [6, 6.07) is 13.8. The molecule has 1 amide bonds. The van der Waals surface area contributed by atoms with Crippen molar-refractivity contribution in [2.45, 2.75) is 32.3 Å². The number of hydrogen-bond donors (Lipinski definition) is 2. The van der Waals surface area contributed by atoms with E-state index >= 15 is 0 Å². The molecular formula is C22H26N4O2. The van der Waals surface area contributed by atoms with Crippen molar-refractivity contribution in [3.8, 4) is 11.1 Å². The molecule has 3 N–H and O–H groups in total. The fourth-order valence-electron chi connectivity index (χ4n) is 3.77. The van der Waals surface area contributed by atoms with Crippen molar-refractivity contribution in [2.75, 3.05) is 25.4 Å². The van der Waals surface area contributed by atoms with Gasteiger partial charge in [-0.15, -0.1) is 0 Å². The Morgan fingerprint density at radius 1 is 1.29 bits per heavy atom. The minimum Gasteiger partial charge on any atom is -0.382 e. The Hall–Kier alpha value is -2.86. The normalized spacial score (nSPS) is 17.2. The van der Waals surface area contributed by atoms with Crippen LogP contribution in [0.3, 0.4) is 0 Å². The fraction of sp³-hybridized carbons (Fsp3) is 0.364. The van der Waals surface area contributed by atoms with Gasteiger partial charge in [0, 0.05) is 30.6 Å². The maximum atomic E-state index is 13.1. The number of ether oxygens (including phenoxy) is 1. The number of piperidine rings is 1. The molecule has 6 heteroatoms. The van der Waals surface area contributed by atoms with Crippen molar-refractivity contribution in [1.29, 1.82) is 0 Å². The largest absolute Gasteiger partial charge is 0.382 e. The summed E-state index contributed by atoms with van der Waals surface area (Å²) < 4.78 is 5.87. The van der Waals surface area contributed by atoms with Crippen LogP contribution in [0.4, 0.5) is 5.82 Å². The van der Waals surface area contributed by atoms with E-state index in [9.17, 15) is 4.79 Å². The van der Waals surface area contributed by atoms with Crippen LogP contribution in [0.5, 0.6) is 0 Å². The Kier molecular flexibility index (Phi) is 5.30. The van der Waals surface area contributed by atoms with Crippen molar-refractivity contribution >= 4 is 22.6 Å². The first-order valence-corrected chi connectivity index (χ1v) is 9.90. The van der Waals surface area contributed by atoms with Crippen LogP contribution in [0, 0.1) is 0 Å². The SMILES string of the molecule is CCCO[C@H]1CCCN(C(=O)c2cccc(-c3ccc4[nH]nc(N)c4c3)c2)C1. The predicted molar refractivity (Wildman–Crippen MR) is 111 cm³/mol. The molecule has 0 radical (unpaired) electrons. The zero-order chi connectivity index (χ0) is 19.5. The lowest BCUT2D eigenvalue weighted by Crippen LogP contribution is -2.43. The second kappa shape index (κ2) is 8.02. The Balaban J connectivity index is 1.55. The maximum Gasteiger partial charge on any atom is 0.253 e. The molecule has 28 heavy (non-hydrogen) atoms. The third-order valence-corrected chi connectivity index (χ3v) is 5.26. The quantitative estimate of drug-likeness (QED) is 0.706. The highest BCUT2D eigenvalue weighted by atomic mass is 16.5. The number of likely N-dealkylation sites (tertiary alicyclic amines) is 1. The number of hydrogen-bond acceptors (Lipinski definition) is 4. The summed E-state index contributed by atoms with van der Waals surface area (Å²) in [5.41, 5.74) is 9.54. The first-order valence-electron chi connectivity index (χ1n) is 9.90. The van der Waals surface area contributed by atoms with Gasteiger partial charge in [0.05, 0.1) is 11.6 Å².